The number of hydrogen-bond donors (Lipinski definition) is 0. The Bertz CT molecular complexity index is 591. The third-order valence-corrected chi connectivity index (χ3v) is 3.31. The molecule has 10 heteroatoms. The summed E-state index contributed by atoms with van der Waals surface area (Å²) in [7, 11) is 0. The molecule has 0 N–H and O–H groups in total. The molecule has 0 spiro atoms. The highest BCUT2D eigenvalue weighted by Gasteiger charge is 2.30. The van der Waals surface area contributed by atoms with Gasteiger partial charge in [0.2, 0.25) is 5.28 Å². The van der Waals surface area contributed by atoms with Gasteiger partial charge in [0.05, 0.1) is 5.56 Å². The van der Waals surface area contributed by atoms with Gasteiger partial charge in [-0.1, -0.05) is 11.6 Å². The lowest BCUT2D eigenvalue weighted by Crippen LogP contribution is -2.05. The lowest BCUT2D eigenvalue weighted by molar-refractivity contribution is -0.137. The van der Waals surface area contributed by atoms with Crippen LogP contribution in [0.15, 0.2) is 28.4 Å². The Balaban J connectivity index is 2.22. The van der Waals surface area contributed by atoms with Crippen LogP contribution in [-0.2, 0) is 6.18 Å². The van der Waals surface area contributed by atoms with Gasteiger partial charge in [0.25, 0.3) is 0 Å². The number of alkyl halides is 3. The molecular formula is C9H3Cl2F3N4S. The van der Waals surface area contributed by atoms with E-state index in [2.05, 4.69) is 20.2 Å². The van der Waals surface area contributed by atoms with E-state index >= 15 is 0 Å². The van der Waals surface area contributed by atoms with Gasteiger partial charge in [-0.2, -0.15) is 13.2 Å². The van der Waals surface area contributed by atoms with Crippen molar-refractivity contribution >= 4 is 35.0 Å². The van der Waals surface area contributed by atoms with Gasteiger partial charge in [0, 0.05) is 6.20 Å². The van der Waals surface area contributed by atoms with Crippen LogP contribution in [0.2, 0.25) is 10.4 Å². The van der Waals surface area contributed by atoms with Gasteiger partial charge < -0.3 is 0 Å². The lowest BCUT2D eigenvalue weighted by atomic mass is 10.3. The van der Waals surface area contributed by atoms with E-state index in [1.54, 1.807) is 0 Å². The Kier molecular flexibility index (Phi) is 4.12. The fourth-order valence-corrected chi connectivity index (χ4v) is 2.12. The predicted molar refractivity (Wildman–Crippen MR) is 63.2 cm³/mol. The standard InChI is InChI=1S/C9H3Cl2F3N4S/c10-6-7(16-8(11)18-17-6)19-5-2-1-4(3-15-5)9(12,13)14/h1-3H. The van der Waals surface area contributed by atoms with Gasteiger partial charge in [0.1, 0.15) is 10.1 Å². The molecule has 2 heterocycles. The van der Waals surface area contributed by atoms with E-state index in [9.17, 15) is 13.2 Å². The molecule has 0 radical (unpaired) electrons. The fourth-order valence-electron chi connectivity index (χ4n) is 1.05. The molecule has 2 rings (SSSR count). The van der Waals surface area contributed by atoms with Crippen molar-refractivity contribution in [3.63, 3.8) is 0 Å². The summed E-state index contributed by atoms with van der Waals surface area (Å²) < 4.78 is 37.0. The molecule has 0 saturated heterocycles. The summed E-state index contributed by atoms with van der Waals surface area (Å²) in [5.74, 6) is 0. The monoisotopic (exact) mass is 326 g/mol. The van der Waals surface area contributed by atoms with Gasteiger partial charge in [-0.05, 0) is 35.5 Å². The molecule has 0 aliphatic heterocycles. The summed E-state index contributed by atoms with van der Waals surface area (Å²) in [6.45, 7) is 0. The van der Waals surface area contributed by atoms with Crippen LogP contribution in [0.5, 0.6) is 0 Å². The number of rotatable bonds is 2. The number of halogens is 5. The van der Waals surface area contributed by atoms with Crippen LogP contribution in [-0.4, -0.2) is 20.2 Å². The molecule has 0 aliphatic carbocycles. The molecule has 0 fully saturated rings. The fraction of sp³-hybridized carbons (Fsp3) is 0.111. The molecule has 19 heavy (non-hydrogen) atoms. The molecule has 2 aromatic rings. The smallest absolute Gasteiger partial charge is 0.249 e. The zero-order valence-electron chi connectivity index (χ0n) is 8.82. The summed E-state index contributed by atoms with van der Waals surface area (Å²) in [6, 6.07) is 2.12. The summed E-state index contributed by atoms with van der Waals surface area (Å²) >= 11 is 12.2. The minimum Gasteiger partial charge on any atom is -0.249 e. The van der Waals surface area contributed by atoms with Crippen LogP contribution in [0.4, 0.5) is 13.2 Å². The van der Waals surface area contributed by atoms with Crippen LogP contribution in [0, 0.1) is 0 Å². The second-order valence-electron chi connectivity index (χ2n) is 3.16. The Morgan fingerprint density at radius 2 is 1.84 bits per heavy atom. The number of pyridine rings is 1. The number of nitrogens with zero attached hydrogens (tertiary/aromatic N) is 4. The molecule has 0 amide bonds. The van der Waals surface area contributed by atoms with Crippen LogP contribution in [0.3, 0.4) is 0 Å². The molecule has 2 aromatic heterocycles. The van der Waals surface area contributed by atoms with Crippen molar-refractivity contribution in [1.82, 2.24) is 20.2 Å². The highest BCUT2D eigenvalue weighted by molar-refractivity contribution is 7.99. The Morgan fingerprint density at radius 1 is 1.11 bits per heavy atom. The first-order chi connectivity index (χ1) is 8.86. The average Bonchev–Trinajstić information content (AvgIpc) is 2.33. The van der Waals surface area contributed by atoms with Crippen molar-refractivity contribution in [3.8, 4) is 0 Å². The lowest BCUT2D eigenvalue weighted by Gasteiger charge is -2.06. The van der Waals surface area contributed by atoms with Gasteiger partial charge in [-0.15, -0.1) is 10.2 Å². The minimum absolute atomic E-state index is 0.00361. The third-order valence-electron chi connectivity index (χ3n) is 1.86. The maximum atomic E-state index is 12.3. The maximum absolute atomic E-state index is 12.3. The molecule has 0 unspecified atom stereocenters. The van der Waals surface area contributed by atoms with Crippen molar-refractivity contribution in [2.75, 3.05) is 0 Å². The Hall–Kier alpha value is -1.12. The van der Waals surface area contributed by atoms with E-state index < -0.39 is 11.7 Å². The quantitative estimate of drug-likeness (QED) is 0.841. The van der Waals surface area contributed by atoms with Gasteiger partial charge >= 0.3 is 6.18 Å². The number of aromatic nitrogens is 4. The maximum Gasteiger partial charge on any atom is 0.417 e. The molecule has 4 nitrogen and oxygen atoms in total. The SMILES string of the molecule is FC(F)(F)c1ccc(Sc2nc(Cl)nnc2Cl)nc1. The zero-order valence-corrected chi connectivity index (χ0v) is 11.1. The van der Waals surface area contributed by atoms with E-state index in [0.717, 1.165) is 24.0 Å². The molecule has 0 atom stereocenters. The molecule has 0 aliphatic rings. The second-order valence-corrected chi connectivity index (χ2v) is 4.87. The molecule has 0 bridgehead atoms. The first-order valence-electron chi connectivity index (χ1n) is 4.63. The summed E-state index contributed by atoms with van der Waals surface area (Å²) in [5.41, 5.74) is -0.832. The highest BCUT2D eigenvalue weighted by Crippen LogP contribution is 2.32. The normalized spacial score (nSPS) is 11.6. The summed E-state index contributed by atoms with van der Waals surface area (Å²) in [5, 5.41) is 7.33. The minimum atomic E-state index is -4.42. The molecule has 100 valence electrons. The van der Waals surface area contributed by atoms with E-state index in [-0.39, 0.29) is 20.5 Å². The largest absolute Gasteiger partial charge is 0.417 e. The molecule has 0 saturated carbocycles. The van der Waals surface area contributed by atoms with Crippen LogP contribution in [0.25, 0.3) is 0 Å². The molecule has 0 aromatic carbocycles. The van der Waals surface area contributed by atoms with Crippen molar-refractivity contribution in [2.45, 2.75) is 16.2 Å². The Morgan fingerprint density at radius 3 is 2.42 bits per heavy atom. The van der Waals surface area contributed by atoms with Crippen molar-refractivity contribution in [3.05, 3.63) is 34.3 Å². The van der Waals surface area contributed by atoms with Crippen molar-refractivity contribution in [2.24, 2.45) is 0 Å². The van der Waals surface area contributed by atoms with E-state index in [1.165, 1.54) is 6.07 Å². The van der Waals surface area contributed by atoms with Gasteiger partial charge in [-0.3, -0.25) is 0 Å². The zero-order chi connectivity index (χ0) is 14.0. The first kappa shape index (κ1) is 14.3. The molecular weight excluding hydrogens is 324 g/mol. The number of hydrogen-bond acceptors (Lipinski definition) is 5. The van der Waals surface area contributed by atoms with E-state index in [4.69, 9.17) is 23.2 Å². The Labute approximate surface area is 119 Å². The second kappa shape index (κ2) is 5.48. The average molecular weight is 327 g/mol. The third kappa shape index (κ3) is 3.68. The van der Waals surface area contributed by atoms with Crippen LogP contribution >= 0.6 is 35.0 Å². The van der Waals surface area contributed by atoms with E-state index in [0.29, 0.717) is 0 Å². The predicted octanol–water partition coefficient (Wildman–Crippen LogP) is 3.74. The van der Waals surface area contributed by atoms with Gasteiger partial charge in [-0.25, -0.2) is 9.97 Å². The van der Waals surface area contributed by atoms with Crippen LogP contribution < -0.4 is 0 Å². The van der Waals surface area contributed by atoms with Crippen LogP contribution in [0.1, 0.15) is 5.56 Å². The highest BCUT2D eigenvalue weighted by atomic mass is 35.5. The van der Waals surface area contributed by atoms with E-state index in [1.807, 2.05) is 0 Å². The van der Waals surface area contributed by atoms with Crippen molar-refractivity contribution in [1.29, 1.82) is 0 Å². The summed E-state index contributed by atoms with van der Waals surface area (Å²) in [6.07, 6.45) is -3.69. The summed E-state index contributed by atoms with van der Waals surface area (Å²) in [4.78, 5) is 7.46. The van der Waals surface area contributed by atoms with Crippen molar-refractivity contribution < 1.29 is 13.2 Å². The topological polar surface area (TPSA) is 51.6 Å². The van der Waals surface area contributed by atoms with Gasteiger partial charge in [0.15, 0.2) is 5.15 Å². The first-order valence-corrected chi connectivity index (χ1v) is 6.20.